The molecule has 0 aromatic heterocycles. The van der Waals surface area contributed by atoms with E-state index in [9.17, 15) is 18.0 Å². The number of carbonyl (C=O) groups is 1. The highest BCUT2D eigenvalue weighted by Gasteiger charge is 2.30. The Morgan fingerprint density at radius 3 is 1.81 bits per heavy atom. The van der Waals surface area contributed by atoms with Crippen LogP contribution in [0.5, 0.6) is 28.7 Å². The van der Waals surface area contributed by atoms with E-state index in [1.54, 1.807) is 48.5 Å². The van der Waals surface area contributed by atoms with Gasteiger partial charge >= 0.3 is 12.1 Å². The van der Waals surface area contributed by atoms with Crippen molar-refractivity contribution in [1.29, 1.82) is 0 Å². The fraction of sp³-hybridized carbons (Fsp3) is 0.296. The Bertz CT molecular complexity index is 1120. The molecule has 9 heteroatoms. The van der Waals surface area contributed by atoms with E-state index in [4.69, 9.17) is 24.1 Å². The summed E-state index contributed by atoms with van der Waals surface area (Å²) in [5.74, 6) is 1.37. The average Bonchev–Trinajstić information content (AvgIpc) is 2.81. The zero-order chi connectivity index (χ0) is 26.3. The Morgan fingerprint density at radius 1 is 0.806 bits per heavy atom. The van der Waals surface area contributed by atoms with Crippen LogP contribution in [0.15, 0.2) is 72.8 Å². The van der Waals surface area contributed by atoms with Gasteiger partial charge in [0, 0.05) is 6.42 Å². The van der Waals surface area contributed by atoms with Crippen LogP contribution in [0.2, 0.25) is 0 Å². The Hall–Kier alpha value is -3.88. The molecule has 0 fully saturated rings. The summed E-state index contributed by atoms with van der Waals surface area (Å²) in [5, 5.41) is 9.14. The summed E-state index contributed by atoms with van der Waals surface area (Å²) in [6, 6.07) is 18.0. The Kier molecular flexibility index (Phi) is 8.34. The molecule has 0 spiro atoms. The quantitative estimate of drug-likeness (QED) is 0.304. The molecule has 0 bridgehead atoms. The average molecular weight is 505 g/mol. The van der Waals surface area contributed by atoms with Crippen molar-refractivity contribution in [1.82, 2.24) is 0 Å². The highest BCUT2D eigenvalue weighted by molar-refractivity contribution is 5.76. The SMILES string of the molecule is C[C@H](CCOc1ccc(OC(C)(C)C(=O)O)cc1)Oc1ccc(Oc2ccc(C(F)(F)F)cc2)cc1. The van der Waals surface area contributed by atoms with Gasteiger partial charge in [0.25, 0.3) is 0 Å². The zero-order valence-electron chi connectivity index (χ0n) is 20.0. The van der Waals surface area contributed by atoms with E-state index in [2.05, 4.69) is 0 Å². The van der Waals surface area contributed by atoms with Crippen LogP contribution in [-0.4, -0.2) is 29.4 Å². The van der Waals surface area contributed by atoms with Crippen molar-refractivity contribution in [2.45, 2.75) is 45.1 Å². The van der Waals surface area contributed by atoms with Crippen molar-refractivity contribution >= 4 is 5.97 Å². The molecule has 6 nitrogen and oxygen atoms in total. The molecule has 0 aliphatic carbocycles. The second-order valence-electron chi connectivity index (χ2n) is 8.55. The molecule has 0 saturated heterocycles. The molecular weight excluding hydrogens is 477 g/mol. The lowest BCUT2D eigenvalue weighted by Gasteiger charge is -2.21. The molecule has 1 N–H and O–H groups in total. The fourth-order valence-electron chi connectivity index (χ4n) is 3.01. The van der Waals surface area contributed by atoms with Crippen molar-refractivity contribution in [3.8, 4) is 28.7 Å². The molecule has 3 aromatic rings. The lowest BCUT2D eigenvalue weighted by molar-refractivity contribution is -0.152. The first kappa shape index (κ1) is 26.7. The second-order valence-corrected chi connectivity index (χ2v) is 8.55. The predicted molar refractivity (Wildman–Crippen MR) is 127 cm³/mol. The van der Waals surface area contributed by atoms with Crippen LogP contribution in [0.4, 0.5) is 13.2 Å². The first-order chi connectivity index (χ1) is 16.9. The van der Waals surface area contributed by atoms with E-state index >= 15 is 0 Å². The minimum absolute atomic E-state index is 0.148. The van der Waals surface area contributed by atoms with Crippen molar-refractivity contribution < 1.29 is 42.0 Å². The number of rotatable bonds is 11. The monoisotopic (exact) mass is 504 g/mol. The van der Waals surface area contributed by atoms with Crippen LogP contribution in [0.3, 0.4) is 0 Å². The molecule has 0 amide bonds. The van der Waals surface area contributed by atoms with E-state index in [0.717, 1.165) is 12.1 Å². The number of ether oxygens (including phenoxy) is 4. The number of aliphatic carboxylic acids is 1. The van der Waals surface area contributed by atoms with Gasteiger partial charge in [-0.3, -0.25) is 0 Å². The number of benzene rings is 3. The van der Waals surface area contributed by atoms with E-state index in [-0.39, 0.29) is 6.10 Å². The van der Waals surface area contributed by atoms with Crippen molar-refractivity contribution in [3.05, 3.63) is 78.4 Å². The third kappa shape index (κ3) is 7.83. The molecule has 0 aliphatic rings. The fourth-order valence-corrected chi connectivity index (χ4v) is 3.01. The van der Waals surface area contributed by atoms with Crippen LogP contribution in [0.1, 0.15) is 32.8 Å². The number of hydrogen-bond donors (Lipinski definition) is 1. The summed E-state index contributed by atoms with van der Waals surface area (Å²) >= 11 is 0. The van der Waals surface area contributed by atoms with Crippen molar-refractivity contribution in [2.24, 2.45) is 0 Å². The first-order valence-corrected chi connectivity index (χ1v) is 11.2. The van der Waals surface area contributed by atoms with Gasteiger partial charge in [0.15, 0.2) is 5.60 Å². The molecule has 0 radical (unpaired) electrons. The summed E-state index contributed by atoms with van der Waals surface area (Å²) in [6.45, 7) is 5.25. The lowest BCUT2D eigenvalue weighted by Crippen LogP contribution is -2.37. The largest absolute Gasteiger partial charge is 0.493 e. The van der Waals surface area contributed by atoms with Gasteiger partial charge in [-0.2, -0.15) is 13.2 Å². The van der Waals surface area contributed by atoms with E-state index < -0.39 is 23.3 Å². The zero-order valence-corrected chi connectivity index (χ0v) is 20.0. The number of carboxylic acids is 1. The minimum atomic E-state index is -4.39. The van der Waals surface area contributed by atoms with Gasteiger partial charge in [0.05, 0.1) is 18.3 Å². The van der Waals surface area contributed by atoms with Crippen LogP contribution in [0, 0.1) is 0 Å². The molecule has 192 valence electrons. The number of halogens is 3. The molecule has 0 unspecified atom stereocenters. The summed E-state index contributed by atoms with van der Waals surface area (Å²) in [5.41, 5.74) is -2.07. The van der Waals surface area contributed by atoms with Crippen LogP contribution >= 0.6 is 0 Å². The van der Waals surface area contributed by atoms with Crippen LogP contribution in [0.25, 0.3) is 0 Å². The summed E-state index contributed by atoms with van der Waals surface area (Å²) < 4.78 is 60.6. The van der Waals surface area contributed by atoms with Gasteiger partial charge in [-0.05, 0) is 93.6 Å². The molecule has 1 atom stereocenters. The standard InChI is InChI=1S/C27H27F3O6/c1-18(16-17-33-20-8-14-24(15-9-20)36-26(2,3)25(31)32)34-21-10-12-23(13-11-21)35-22-6-4-19(5-7-22)27(28,29)30/h4-15,18H,16-17H2,1-3H3,(H,31,32)/t18-/m1/s1. The summed E-state index contributed by atoms with van der Waals surface area (Å²) in [6.07, 6.45) is -3.93. The van der Waals surface area contributed by atoms with Gasteiger partial charge in [-0.1, -0.05) is 0 Å². The molecule has 0 saturated carbocycles. The molecule has 3 aromatic carbocycles. The smallest absolute Gasteiger partial charge is 0.416 e. The molecule has 3 rings (SSSR count). The van der Waals surface area contributed by atoms with Gasteiger partial charge in [0.1, 0.15) is 28.7 Å². The maximum Gasteiger partial charge on any atom is 0.416 e. The normalized spacial score (nSPS) is 12.5. The topological polar surface area (TPSA) is 74.2 Å². The maximum atomic E-state index is 12.7. The van der Waals surface area contributed by atoms with Gasteiger partial charge < -0.3 is 24.1 Å². The molecule has 0 heterocycles. The van der Waals surface area contributed by atoms with Gasteiger partial charge in [-0.25, -0.2) is 4.79 Å². The number of carboxylic acid groups (broad SMARTS) is 1. The first-order valence-electron chi connectivity index (χ1n) is 11.2. The lowest BCUT2D eigenvalue weighted by atomic mass is 10.1. The highest BCUT2D eigenvalue weighted by atomic mass is 19.4. The number of alkyl halides is 3. The van der Waals surface area contributed by atoms with E-state index in [0.29, 0.717) is 41.8 Å². The summed E-state index contributed by atoms with van der Waals surface area (Å²) in [7, 11) is 0. The van der Waals surface area contributed by atoms with Crippen LogP contribution in [-0.2, 0) is 11.0 Å². The van der Waals surface area contributed by atoms with E-state index in [1.807, 2.05) is 6.92 Å². The third-order valence-corrected chi connectivity index (χ3v) is 5.08. The third-order valence-electron chi connectivity index (χ3n) is 5.08. The Balaban J connectivity index is 1.42. The molecule has 36 heavy (non-hydrogen) atoms. The number of hydrogen-bond acceptors (Lipinski definition) is 5. The minimum Gasteiger partial charge on any atom is -0.493 e. The molecule has 0 aliphatic heterocycles. The Morgan fingerprint density at radius 2 is 1.28 bits per heavy atom. The van der Waals surface area contributed by atoms with Gasteiger partial charge in [0.2, 0.25) is 0 Å². The van der Waals surface area contributed by atoms with Crippen molar-refractivity contribution in [3.63, 3.8) is 0 Å². The summed E-state index contributed by atoms with van der Waals surface area (Å²) in [4.78, 5) is 11.2. The maximum absolute atomic E-state index is 12.7. The second kappa shape index (κ2) is 11.2. The van der Waals surface area contributed by atoms with Gasteiger partial charge in [-0.15, -0.1) is 0 Å². The predicted octanol–water partition coefficient (Wildman–Crippen LogP) is 6.98. The Labute approximate surface area is 207 Å². The van der Waals surface area contributed by atoms with Crippen molar-refractivity contribution in [2.75, 3.05) is 6.61 Å². The van der Waals surface area contributed by atoms with Crippen LogP contribution < -0.4 is 18.9 Å². The highest BCUT2D eigenvalue weighted by Crippen LogP contribution is 2.32. The molecular formula is C27H27F3O6. The van der Waals surface area contributed by atoms with E-state index in [1.165, 1.54) is 26.0 Å².